The lowest BCUT2D eigenvalue weighted by Gasteiger charge is -2.47. The van der Waals surface area contributed by atoms with E-state index < -0.39 is 5.54 Å². The summed E-state index contributed by atoms with van der Waals surface area (Å²) in [5, 5.41) is 8.11. The van der Waals surface area contributed by atoms with Gasteiger partial charge in [0.1, 0.15) is 11.2 Å². The zero-order chi connectivity index (χ0) is 23.0. The summed E-state index contributed by atoms with van der Waals surface area (Å²) in [7, 11) is 0. The molecule has 176 valence electrons. The van der Waals surface area contributed by atoms with Crippen molar-refractivity contribution in [2.45, 2.75) is 102 Å². The summed E-state index contributed by atoms with van der Waals surface area (Å²) in [4.78, 5) is 29.5. The lowest BCUT2D eigenvalue weighted by molar-refractivity contribution is -0.135. The van der Waals surface area contributed by atoms with Gasteiger partial charge in [-0.05, 0) is 50.7 Å². The van der Waals surface area contributed by atoms with Crippen molar-refractivity contribution in [3.8, 4) is 11.3 Å². The molecule has 0 saturated heterocycles. The molecule has 2 amide bonds. The second-order valence-corrected chi connectivity index (χ2v) is 10.3. The highest BCUT2D eigenvalue weighted by Crippen LogP contribution is 2.36. The van der Waals surface area contributed by atoms with Gasteiger partial charge in [-0.1, -0.05) is 63.3 Å². The Labute approximate surface area is 196 Å². The molecule has 2 aliphatic carbocycles. The molecule has 1 N–H and O–H groups in total. The first-order chi connectivity index (χ1) is 16.0. The third kappa shape index (κ3) is 4.09. The van der Waals surface area contributed by atoms with Gasteiger partial charge in [-0.2, -0.15) is 5.10 Å². The number of fused-ring (bicyclic) bond motifs is 1. The maximum atomic E-state index is 13.8. The molecule has 2 saturated carbocycles. The number of benzene rings is 1. The van der Waals surface area contributed by atoms with Gasteiger partial charge in [0.15, 0.2) is 0 Å². The Bertz CT molecular complexity index is 1020. The SMILES string of the molecule is CCc1ccc(-c2cc3n(n2)C[C@](C)(C(=O)NC2CCCCC2)N(C2CCCC2)C3=O)cc1. The predicted molar refractivity (Wildman–Crippen MR) is 129 cm³/mol. The van der Waals surface area contributed by atoms with Crippen LogP contribution in [0.5, 0.6) is 0 Å². The van der Waals surface area contributed by atoms with Gasteiger partial charge in [0.25, 0.3) is 5.91 Å². The van der Waals surface area contributed by atoms with Gasteiger partial charge in [-0.25, -0.2) is 0 Å². The van der Waals surface area contributed by atoms with E-state index in [0.29, 0.717) is 12.2 Å². The van der Waals surface area contributed by atoms with Crippen LogP contribution in [0.25, 0.3) is 11.3 Å². The van der Waals surface area contributed by atoms with Crippen molar-refractivity contribution in [3.05, 3.63) is 41.6 Å². The first-order valence-corrected chi connectivity index (χ1v) is 12.8. The molecule has 0 spiro atoms. The molecule has 6 nitrogen and oxygen atoms in total. The highest BCUT2D eigenvalue weighted by atomic mass is 16.2. The summed E-state index contributed by atoms with van der Waals surface area (Å²) >= 11 is 0. The number of rotatable bonds is 5. The molecule has 6 heteroatoms. The number of nitrogens with zero attached hydrogens (tertiary/aromatic N) is 3. The third-order valence-electron chi connectivity index (χ3n) is 7.98. The smallest absolute Gasteiger partial charge is 0.273 e. The van der Waals surface area contributed by atoms with Gasteiger partial charge in [-0.3, -0.25) is 14.3 Å². The summed E-state index contributed by atoms with van der Waals surface area (Å²) in [6.45, 7) is 4.48. The molecule has 0 bridgehead atoms. The van der Waals surface area contributed by atoms with Crippen molar-refractivity contribution in [1.82, 2.24) is 20.0 Å². The largest absolute Gasteiger partial charge is 0.351 e. The van der Waals surface area contributed by atoms with E-state index in [1.807, 2.05) is 17.9 Å². The van der Waals surface area contributed by atoms with E-state index in [4.69, 9.17) is 5.10 Å². The normalized spacial score (nSPS) is 24.2. The second-order valence-electron chi connectivity index (χ2n) is 10.3. The summed E-state index contributed by atoms with van der Waals surface area (Å²) in [6, 6.07) is 10.6. The Morgan fingerprint density at radius 3 is 2.39 bits per heavy atom. The fraction of sp³-hybridized carbons (Fsp3) is 0.593. The van der Waals surface area contributed by atoms with Crippen molar-refractivity contribution in [2.75, 3.05) is 0 Å². The number of hydrogen-bond donors (Lipinski definition) is 1. The first-order valence-electron chi connectivity index (χ1n) is 12.8. The Balaban J connectivity index is 1.48. The Morgan fingerprint density at radius 2 is 1.73 bits per heavy atom. The zero-order valence-electron chi connectivity index (χ0n) is 20.0. The van der Waals surface area contributed by atoms with Gasteiger partial charge in [-0.15, -0.1) is 0 Å². The van der Waals surface area contributed by atoms with Crippen molar-refractivity contribution in [2.24, 2.45) is 0 Å². The molecule has 1 aliphatic heterocycles. The number of aromatic nitrogens is 2. The van der Waals surface area contributed by atoms with Crippen LogP contribution >= 0.6 is 0 Å². The van der Waals surface area contributed by atoms with Crippen LogP contribution in [0.1, 0.15) is 87.7 Å². The topological polar surface area (TPSA) is 67.2 Å². The molecule has 5 rings (SSSR count). The predicted octanol–water partition coefficient (Wildman–Crippen LogP) is 4.72. The van der Waals surface area contributed by atoms with Crippen LogP contribution in [-0.2, 0) is 17.8 Å². The van der Waals surface area contributed by atoms with Crippen LogP contribution in [0.2, 0.25) is 0 Å². The number of hydrogen-bond acceptors (Lipinski definition) is 3. The van der Waals surface area contributed by atoms with Crippen molar-refractivity contribution >= 4 is 11.8 Å². The van der Waals surface area contributed by atoms with Crippen molar-refractivity contribution < 1.29 is 9.59 Å². The van der Waals surface area contributed by atoms with Gasteiger partial charge >= 0.3 is 0 Å². The van der Waals surface area contributed by atoms with Crippen LogP contribution < -0.4 is 5.32 Å². The average Bonchev–Trinajstić information content (AvgIpc) is 3.50. The molecule has 1 aromatic heterocycles. The van der Waals surface area contributed by atoms with Gasteiger partial charge < -0.3 is 10.2 Å². The van der Waals surface area contributed by atoms with Crippen LogP contribution in [0.15, 0.2) is 30.3 Å². The maximum absolute atomic E-state index is 13.8. The Hall–Kier alpha value is -2.63. The Kier molecular flexibility index (Phi) is 6.02. The van der Waals surface area contributed by atoms with E-state index in [1.165, 1.54) is 12.0 Å². The molecule has 1 aromatic carbocycles. The molecular formula is C27H36N4O2. The van der Waals surface area contributed by atoms with E-state index >= 15 is 0 Å². The van der Waals surface area contributed by atoms with Crippen molar-refractivity contribution in [3.63, 3.8) is 0 Å². The van der Waals surface area contributed by atoms with Crippen LogP contribution in [0.4, 0.5) is 0 Å². The summed E-state index contributed by atoms with van der Waals surface area (Å²) < 4.78 is 1.78. The zero-order valence-corrected chi connectivity index (χ0v) is 20.0. The van der Waals surface area contributed by atoms with Gasteiger partial charge in [0.2, 0.25) is 5.91 Å². The van der Waals surface area contributed by atoms with E-state index in [-0.39, 0.29) is 23.9 Å². The number of carbonyl (C=O) groups is 2. The molecular weight excluding hydrogens is 412 g/mol. The summed E-state index contributed by atoms with van der Waals surface area (Å²) in [5.41, 5.74) is 2.75. The minimum Gasteiger partial charge on any atom is -0.351 e. The molecule has 2 heterocycles. The van der Waals surface area contributed by atoms with E-state index in [2.05, 4.69) is 36.5 Å². The molecule has 2 fully saturated rings. The van der Waals surface area contributed by atoms with E-state index in [9.17, 15) is 9.59 Å². The minimum absolute atomic E-state index is 0.0235. The number of aryl methyl sites for hydroxylation is 1. The van der Waals surface area contributed by atoms with Crippen molar-refractivity contribution in [1.29, 1.82) is 0 Å². The number of amides is 2. The molecule has 33 heavy (non-hydrogen) atoms. The minimum atomic E-state index is -0.925. The summed E-state index contributed by atoms with van der Waals surface area (Å²) in [6.07, 6.45) is 10.8. The molecule has 3 aliphatic rings. The summed E-state index contributed by atoms with van der Waals surface area (Å²) in [5.74, 6) is -0.0805. The lowest BCUT2D eigenvalue weighted by atomic mass is 9.90. The average molecular weight is 449 g/mol. The highest BCUT2D eigenvalue weighted by molar-refractivity contribution is 6.00. The Morgan fingerprint density at radius 1 is 1.06 bits per heavy atom. The molecule has 1 atom stereocenters. The van der Waals surface area contributed by atoms with Gasteiger partial charge in [0.05, 0.1) is 12.2 Å². The van der Waals surface area contributed by atoms with Crippen LogP contribution in [0, 0.1) is 0 Å². The number of carbonyl (C=O) groups excluding carboxylic acids is 2. The van der Waals surface area contributed by atoms with E-state index in [1.54, 1.807) is 4.68 Å². The molecule has 2 aromatic rings. The van der Waals surface area contributed by atoms with E-state index in [0.717, 1.165) is 69.0 Å². The molecule has 0 unspecified atom stereocenters. The third-order valence-corrected chi connectivity index (χ3v) is 7.98. The fourth-order valence-electron chi connectivity index (χ4n) is 5.98. The van der Waals surface area contributed by atoms with Crippen LogP contribution in [0.3, 0.4) is 0 Å². The lowest BCUT2D eigenvalue weighted by Crippen LogP contribution is -2.67. The van der Waals surface area contributed by atoms with Gasteiger partial charge in [0, 0.05) is 17.6 Å². The monoisotopic (exact) mass is 448 g/mol. The first kappa shape index (κ1) is 22.2. The highest BCUT2D eigenvalue weighted by Gasteiger charge is 2.51. The second kappa shape index (κ2) is 8.96. The number of nitrogens with one attached hydrogen (secondary N) is 1. The maximum Gasteiger partial charge on any atom is 0.273 e. The fourth-order valence-corrected chi connectivity index (χ4v) is 5.98. The van der Waals surface area contributed by atoms with Crippen LogP contribution in [-0.4, -0.2) is 44.1 Å². The quantitative estimate of drug-likeness (QED) is 0.720. The molecule has 0 radical (unpaired) electrons. The standard InChI is InChI=1S/C27H36N4O2/c1-3-19-13-15-20(16-14-19)23-17-24-25(32)31(22-11-7-8-12-22)27(2,18-30(24)29-23)26(33)28-21-9-5-4-6-10-21/h13-17,21-22H,3-12,18H2,1-2H3,(H,28,33)/t27-/m1/s1.